The van der Waals surface area contributed by atoms with Crippen molar-refractivity contribution < 1.29 is 18.0 Å². The maximum Gasteiger partial charge on any atom is 0.251 e. The van der Waals surface area contributed by atoms with E-state index in [9.17, 15) is 18.0 Å². The van der Waals surface area contributed by atoms with Crippen molar-refractivity contribution >= 4 is 44.6 Å². The monoisotopic (exact) mass is 562 g/mol. The van der Waals surface area contributed by atoms with Gasteiger partial charge >= 0.3 is 0 Å². The lowest BCUT2D eigenvalue weighted by Gasteiger charge is -2.27. The van der Waals surface area contributed by atoms with Crippen LogP contribution in [-0.2, 0) is 20.4 Å². The number of hydrogen-bond donors (Lipinski definition) is 3. The Labute approximate surface area is 231 Å². The minimum Gasteiger partial charge on any atom is -0.371 e. The van der Waals surface area contributed by atoms with Gasteiger partial charge in [-0.3, -0.25) is 9.59 Å². The Bertz CT molecular complexity index is 1210. The average Bonchev–Trinajstić information content (AvgIpc) is 2.82. The molecule has 3 rings (SSSR count). The summed E-state index contributed by atoms with van der Waals surface area (Å²) in [5.41, 5.74) is 2.06. The lowest BCUT2D eigenvalue weighted by atomic mass is 10.1. The second kappa shape index (κ2) is 13.4. The third-order valence-electron chi connectivity index (χ3n) is 6.09. The smallest absolute Gasteiger partial charge is 0.251 e. The minimum atomic E-state index is -3.57. The van der Waals surface area contributed by atoms with Crippen LogP contribution < -0.4 is 16.0 Å². The van der Waals surface area contributed by atoms with Crippen LogP contribution in [0.5, 0.6) is 0 Å². The number of amides is 2. The van der Waals surface area contributed by atoms with Crippen molar-refractivity contribution in [3.8, 4) is 0 Å². The molecule has 1 atom stereocenters. The van der Waals surface area contributed by atoms with E-state index in [0.29, 0.717) is 45.9 Å². The molecule has 8 nitrogen and oxygen atoms in total. The molecule has 1 aliphatic heterocycles. The number of nitrogens with zero attached hydrogens (tertiary/aromatic N) is 1. The SMILES string of the molecule is CC(C)CN(CCCNC(=O)c1ccc2c(c1)NC(=O)[C@@H](CS(=O)(=O)Cc1ccc(Cl)cc1)N2)CC(C)C. The van der Waals surface area contributed by atoms with Crippen LogP contribution in [0.1, 0.15) is 50.0 Å². The lowest BCUT2D eigenvalue weighted by molar-refractivity contribution is -0.116. The molecule has 0 spiro atoms. The first-order valence-corrected chi connectivity index (χ1v) is 15.3. The van der Waals surface area contributed by atoms with Crippen LogP contribution in [0.2, 0.25) is 5.02 Å². The maximum atomic E-state index is 12.7. The highest BCUT2D eigenvalue weighted by Gasteiger charge is 2.30. The van der Waals surface area contributed by atoms with Gasteiger partial charge in [0.25, 0.3) is 5.91 Å². The number of fused-ring (bicyclic) bond motifs is 1. The summed E-state index contributed by atoms with van der Waals surface area (Å²) in [6.45, 7) is 12.4. The summed E-state index contributed by atoms with van der Waals surface area (Å²) >= 11 is 5.87. The van der Waals surface area contributed by atoms with E-state index in [2.05, 4.69) is 48.5 Å². The van der Waals surface area contributed by atoms with Crippen LogP contribution in [0.25, 0.3) is 0 Å². The Hall–Kier alpha value is -2.62. The molecular formula is C28H39ClN4O4S. The number of hydrogen-bond acceptors (Lipinski definition) is 6. The van der Waals surface area contributed by atoms with Gasteiger partial charge in [0.15, 0.2) is 9.84 Å². The summed E-state index contributed by atoms with van der Waals surface area (Å²) in [7, 11) is -3.57. The first-order chi connectivity index (χ1) is 17.9. The molecule has 2 amide bonds. The van der Waals surface area contributed by atoms with Crippen LogP contribution in [0, 0.1) is 11.8 Å². The highest BCUT2D eigenvalue weighted by Crippen LogP contribution is 2.28. The zero-order valence-electron chi connectivity index (χ0n) is 22.6. The van der Waals surface area contributed by atoms with E-state index in [1.807, 2.05) is 0 Å². The van der Waals surface area contributed by atoms with E-state index in [1.54, 1.807) is 42.5 Å². The van der Waals surface area contributed by atoms with E-state index in [1.165, 1.54) is 0 Å². The van der Waals surface area contributed by atoms with E-state index in [-0.39, 0.29) is 17.4 Å². The number of carbonyl (C=O) groups excluding carboxylic acids is 2. The molecule has 208 valence electrons. The van der Waals surface area contributed by atoms with Crippen molar-refractivity contribution in [1.29, 1.82) is 0 Å². The number of rotatable bonds is 13. The van der Waals surface area contributed by atoms with E-state index in [4.69, 9.17) is 11.6 Å². The molecule has 0 saturated heterocycles. The summed E-state index contributed by atoms with van der Waals surface area (Å²) < 4.78 is 25.4. The molecule has 2 aromatic carbocycles. The first kappa shape index (κ1) is 29.9. The van der Waals surface area contributed by atoms with Crippen LogP contribution in [-0.4, -0.2) is 63.1 Å². The van der Waals surface area contributed by atoms with Crippen LogP contribution >= 0.6 is 11.6 Å². The molecule has 10 heteroatoms. The molecule has 1 heterocycles. The standard InChI is InChI=1S/C28H39ClN4O4S/c1-19(2)15-33(16-20(3)4)13-5-12-30-27(34)22-8-11-24-25(14-22)32-28(35)26(31-24)18-38(36,37)17-21-6-9-23(29)10-7-21/h6-11,14,19-20,26,31H,5,12-13,15-18H2,1-4H3,(H,30,34)(H,32,35)/t26-/m1/s1. The number of carbonyl (C=O) groups is 2. The van der Waals surface area contributed by atoms with Gasteiger partial charge in [-0.2, -0.15) is 0 Å². The highest BCUT2D eigenvalue weighted by molar-refractivity contribution is 7.90. The number of halogens is 1. The normalized spacial score (nSPS) is 15.4. The average molecular weight is 563 g/mol. The van der Waals surface area contributed by atoms with Gasteiger partial charge in [0.1, 0.15) is 6.04 Å². The largest absolute Gasteiger partial charge is 0.371 e. The Morgan fingerprint density at radius 3 is 2.32 bits per heavy atom. The molecule has 0 bridgehead atoms. The fourth-order valence-electron chi connectivity index (χ4n) is 4.55. The Morgan fingerprint density at radius 2 is 1.68 bits per heavy atom. The van der Waals surface area contributed by atoms with Crippen molar-refractivity contribution in [2.45, 2.75) is 45.9 Å². The molecule has 1 aliphatic rings. The molecule has 0 unspecified atom stereocenters. The van der Waals surface area contributed by atoms with Gasteiger partial charge in [-0.05, 0) is 60.7 Å². The summed E-state index contributed by atoms with van der Waals surface area (Å²) in [5.74, 6) is -0.0296. The van der Waals surface area contributed by atoms with Gasteiger partial charge in [0.05, 0.1) is 22.9 Å². The Kier molecular flexibility index (Phi) is 10.6. The molecule has 0 aliphatic carbocycles. The number of sulfone groups is 1. The second-order valence-electron chi connectivity index (χ2n) is 10.8. The maximum absolute atomic E-state index is 12.7. The molecule has 2 aromatic rings. The molecule has 38 heavy (non-hydrogen) atoms. The summed E-state index contributed by atoms with van der Waals surface area (Å²) in [6, 6.07) is 10.6. The minimum absolute atomic E-state index is 0.186. The predicted molar refractivity (Wildman–Crippen MR) is 154 cm³/mol. The van der Waals surface area contributed by atoms with Crippen molar-refractivity contribution in [3.05, 3.63) is 58.6 Å². The summed E-state index contributed by atoms with van der Waals surface area (Å²) in [6.07, 6.45) is 0.848. The zero-order valence-corrected chi connectivity index (χ0v) is 24.2. The third-order valence-corrected chi connectivity index (χ3v) is 7.96. The van der Waals surface area contributed by atoms with E-state index >= 15 is 0 Å². The van der Waals surface area contributed by atoms with Gasteiger partial charge in [-0.15, -0.1) is 0 Å². The van der Waals surface area contributed by atoms with Crippen molar-refractivity contribution in [2.75, 3.05) is 42.6 Å². The number of benzene rings is 2. The van der Waals surface area contributed by atoms with Gasteiger partial charge in [0, 0.05) is 30.2 Å². The first-order valence-electron chi connectivity index (χ1n) is 13.1. The van der Waals surface area contributed by atoms with Crippen molar-refractivity contribution in [3.63, 3.8) is 0 Å². The fraction of sp³-hybridized carbons (Fsp3) is 0.500. The van der Waals surface area contributed by atoms with Gasteiger partial charge < -0.3 is 20.9 Å². The van der Waals surface area contributed by atoms with Crippen LogP contribution in [0.3, 0.4) is 0 Å². The summed E-state index contributed by atoms with van der Waals surface area (Å²) in [5, 5.41) is 9.24. The van der Waals surface area contributed by atoms with Gasteiger partial charge in [-0.25, -0.2) is 8.42 Å². The van der Waals surface area contributed by atoms with E-state index in [0.717, 1.165) is 26.1 Å². The third kappa shape index (κ3) is 9.29. The second-order valence-corrected chi connectivity index (χ2v) is 13.3. The van der Waals surface area contributed by atoms with Crippen LogP contribution in [0.4, 0.5) is 11.4 Å². The molecule has 0 aromatic heterocycles. The predicted octanol–water partition coefficient (Wildman–Crippen LogP) is 4.42. The Morgan fingerprint density at radius 1 is 1.03 bits per heavy atom. The molecule has 3 N–H and O–H groups in total. The molecule has 0 fully saturated rings. The van der Waals surface area contributed by atoms with Crippen molar-refractivity contribution in [2.24, 2.45) is 11.8 Å². The highest BCUT2D eigenvalue weighted by atomic mass is 35.5. The Balaban J connectivity index is 1.54. The lowest BCUT2D eigenvalue weighted by Crippen LogP contribution is -2.43. The van der Waals surface area contributed by atoms with Crippen molar-refractivity contribution in [1.82, 2.24) is 10.2 Å². The number of nitrogens with one attached hydrogen (secondary N) is 3. The molecule has 0 radical (unpaired) electrons. The topological polar surface area (TPSA) is 108 Å². The molecular weight excluding hydrogens is 524 g/mol. The fourth-order valence-corrected chi connectivity index (χ4v) is 6.24. The quantitative estimate of drug-likeness (QED) is 0.312. The summed E-state index contributed by atoms with van der Waals surface area (Å²) in [4.78, 5) is 27.8. The van der Waals surface area contributed by atoms with Gasteiger partial charge in [-0.1, -0.05) is 51.4 Å². The van der Waals surface area contributed by atoms with Crippen LogP contribution in [0.15, 0.2) is 42.5 Å². The van der Waals surface area contributed by atoms with Gasteiger partial charge in [0.2, 0.25) is 5.91 Å². The van der Waals surface area contributed by atoms with E-state index < -0.39 is 21.8 Å². The molecule has 0 saturated carbocycles. The number of anilines is 2. The zero-order chi connectivity index (χ0) is 27.9.